The number of rotatable bonds is 0. The number of likely N-dealkylation sites (tertiary alicyclic amines) is 2. The van der Waals surface area contributed by atoms with Crippen LogP contribution in [-0.2, 0) is 9.47 Å². The first-order chi connectivity index (χ1) is 10.6. The van der Waals surface area contributed by atoms with E-state index in [0.29, 0.717) is 41.4 Å². The van der Waals surface area contributed by atoms with E-state index in [4.69, 9.17) is 9.47 Å². The van der Waals surface area contributed by atoms with E-state index >= 15 is 0 Å². The van der Waals surface area contributed by atoms with Gasteiger partial charge in [0.1, 0.15) is 0 Å². The summed E-state index contributed by atoms with van der Waals surface area (Å²) in [4.78, 5) is 5.18. The summed E-state index contributed by atoms with van der Waals surface area (Å²) in [5.41, 5.74) is 0.645. The molecule has 0 spiro atoms. The van der Waals surface area contributed by atoms with Gasteiger partial charge >= 0.3 is 0 Å². The maximum atomic E-state index is 5.65. The molecule has 4 aliphatic rings. The molecule has 0 N–H and O–H groups in total. The van der Waals surface area contributed by atoms with E-state index in [9.17, 15) is 0 Å². The minimum absolute atomic E-state index is 0.308. The topological polar surface area (TPSA) is 24.9 Å². The van der Waals surface area contributed by atoms with Gasteiger partial charge in [-0.15, -0.1) is 0 Å². The Hall–Kier alpha value is -0.160. The molecule has 4 heterocycles. The zero-order chi connectivity index (χ0) is 17.0. The summed E-state index contributed by atoms with van der Waals surface area (Å²) in [6.07, 6.45) is 3.56. The van der Waals surface area contributed by atoms with Crippen LogP contribution in [0.4, 0.5) is 0 Å². The lowest BCUT2D eigenvalue weighted by Crippen LogP contribution is -2.53. The van der Waals surface area contributed by atoms with Crippen LogP contribution in [0, 0.1) is 0 Å². The zero-order valence-corrected chi connectivity index (χ0v) is 16.1. The Bertz CT molecular complexity index is 424. The van der Waals surface area contributed by atoms with Crippen LogP contribution in [0.5, 0.6) is 0 Å². The SMILES string of the molecule is CC(C)(C)N1CC2CC1CO2.CC1C2CC(CO2)N1C(C)(C)C. The normalized spacial score (nSPS) is 40.6. The summed E-state index contributed by atoms with van der Waals surface area (Å²) in [6.45, 7) is 19.1. The predicted octanol–water partition coefficient (Wildman–Crippen LogP) is 2.90. The van der Waals surface area contributed by atoms with E-state index in [1.807, 2.05) is 0 Å². The van der Waals surface area contributed by atoms with E-state index in [0.717, 1.165) is 19.8 Å². The number of hydrogen-bond acceptors (Lipinski definition) is 4. The molecule has 0 saturated carbocycles. The molecule has 134 valence electrons. The molecule has 0 aromatic heterocycles. The molecule has 4 bridgehead atoms. The number of morpholine rings is 2. The maximum Gasteiger partial charge on any atom is 0.0744 e. The van der Waals surface area contributed by atoms with Crippen LogP contribution in [0.3, 0.4) is 0 Å². The third-order valence-corrected chi connectivity index (χ3v) is 5.91. The fraction of sp³-hybridized carbons (Fsp3) is 1.00. The lowest BCUT2D eigenvalue weighted by Gasteiger charge is -2.42. The third-order valence-electron chi connectivity index (χ3n) is 5.91. The monoisotopic (exact) mass is 324 g/mol. The first-order valence-corrected chi connectivity index (χ1v) is 9.36. The number of ether oxygens (including phenoxy) is 2. The van der Waals surface area contributed by atoms with Crippen LogP contribution in [0.15, 0.2) is 0 Å². The Kier molecular flexibility index (Phi) is 4.59. The van der Waals surface area contributed by atoms with Crippen molar-refractivity contribution in [1.29, 1.82) is 0 Å². The number of nitrogens with zero attached hydrogens (tertiary/aromatic N) is 2. The Morgan fingerprint density at radius 3 is 1.78 bits per heavy atom. The van der Waals surface area contributed by atoms with Crippen molar-refractivity contribution in [2.45, 2.75) is 103 Å². The van der Waals surface area contributed by atoms with Gasteiger partial charge < -0.3 is 9.47 Å². The fourth-order valence-electron chi connectivity index (χ4n) is 5.06. The summed E-state index contributed by atoms with van der Waals surface area (Å²) < 4.78 is 11.2. The quantitative estimate of drug-likeness (QED) is 0.684. The second kappa shape index (κ2) is 5.98. The molecular weight excluding hydrogens is 288 g/mol. The molecule has 4 fully saturated rings. The number of fused-ring (bicyclic) bond motifs is 4. The molecule has 0 radical (unpaired) electrons. The van der Waals surface area contributed by atoms with Crippen molar-refractivity contribution in [3.8, 4) is 0 Å². The van der Waals surface area contributed by atoms with Gasteiger partial charge in [0.15, 0.2) is 0 Å². The maximum absolute atomic E-state index is 5.65. The zero-order valence-electron chi connectivity index (χ0n) is 16.1. The van der Waals surface area contributed by atoms with E-state index < -0.39 is 0 Å². The van der Waals surface area contributed by atoms with E-state index in [1.54, 1.807) is 0 Å². The van der Waals surface area contributed by atoms with E-state index in [-0.39, 0.29) is 0 Å². The van der Waals surface area contributed by atoms with Gasteiger partial charge in [0, 0.05) is 35.7 Å². The van der Waals surface area contributed by atoms with Crippen LogP contribution in [0.2, 0.25) is 0 Å². The van der Waals surface area contributed by atoms with Gasteiger partial charge in [-0.3, -0.25) is 9.80 Å². The Morgan fingerprint density at radius 2 is 1.48 bits per heavy atom. The van der Waals surface area contributed by atoms with Gasteiger partial charge in [-0.1, -0.05) is 0 Å². The minimum Gasteiger partial charge on any atom is -0.375 e. The van der Waals surface area contributed by atoms with E-state index in [1.165, 1.54) is 12.8 Å². The van der Waals surface area contributed by atoms with Gasteiger partial charge in [0.2, 0.25) is 0 Å². The second-order valence-corrected chi connectivity index (χ2v) is 9.75. The summed E-state index contributed by atoms with van der Waals surface area (Å²) in [6, 6.07) is 2.01. The average Bonchev–Trinajstić information content (AvgIpc) is 3.16. The lowest BCUT2D eigenvalue weighted by molar-refractivity contribution is -0.0465. The molecule has 5 unspecified atom stereocenters. The first kappa shape index (κ1) is 17.7. The molecule has 5 atom stereocenters. The highest BCUT2D eigenvalue weighted by Crippen LogP contribution is 2.38. The van der Waals surface area contributed by atoms with Crippen molar-refractivity contribution >= 4 is 0 Å². The molecule has 0 amide bonds. The van der Waals surface area contributed by atoms with Crippen molar-refractivity contribution in [2.75, 3.05) is 19.8 Å². The van der Waals surface area contributed by atoms with Gasteiger partial charge in [-0.05, 0) is 61.3 Å². The van der Waals surface area contributed by atoms with Crippen LogP contribution in [0.1, 0.15) is 61.3 Å². The van der Waals surface area contributed by atoms with Gasteiger partial charge in [-0.25, -0.2) is 0 Å². The largest absolute Gasteiger partial charge is 0.375 e. The molecule has 4 nitrogen and oxygen atoms in total. The number of hydrogen-bond donors (Lipinski definition) is 0. The summed E-state index contributed by atoms with van der Waals surface area (Å²) >= 11 is 0. The predicted molar refractivity (Wildman–Crippen MR) is 93.8 cm³/mol. The highest BCUT2D eigenvalue weighted by atomic mass is 16.5. The van der Waals surface area contributed by atoms with Crippen molar-refractivity contribution in [1.82, 2.24) is 9.80 Å². The first-order valence-electron chi connectivity index (χ1n) is 9.36. The molecule has 4 aliphatic heterocycles. The molecular formula is C19H36N2O2. The van der Waals surface area contributed by atoms with Crippen LogP contribution >= 0.6 is 0 Å². The summed E-state index contributed by atoms with van der Waals surface area (Å²) in [5, 5.41) is 0. The summed E-state index contributed by atoms with van der Waals surface area (Å²) in [5.74, 6) is 0. The van der Waals surface area contributed by atoms with E-state index in [2.05, 4.69) is 58.3 Å². The molecule has 0 aromatic rings. The second-order valence-electron chi connectivity index (χ2n) is 9.75. The van der Waals surface area contributed by atoms with Crippen LogP contribution in [0.25, 0.3) is 0 Å². The lowest BCUT2D eigenvalue weighted by atomic mass is 10.0. The highest BCUT2D eigenvalue weighted by molar-refractivity contribution is 5.02. The minimum atomic E-state index is 0.308. The van der Waals surface area contributed by atoms with Crippen molar-refractivity contribution in [3.63, 3.8) is 0 Å². The molecule has 0 aliphatic carbocycles. The van der Waals surface area contributed by atoms with Crippen molar-refractivity contribution in [3.05, 3.63) is 0 Å². The standard InChI is InChI=1S/C10H19NO.C9H17NO/c1-7-9-5-8(6-12-9)11(7)10(2,3)4;1-9(2,3)10-5-8-4-7(10)6-11-8/h7-9H,5-6H2,1-4H3;7-8H,4-6H2,1-3H3. The van der Waals surface area contributed by atoms with Crippen LogP contribution in [-0.4, -0.2) is 71.0 Å². The Balaban J connectivity index is 0.000000136. The molecule has 23 heavy (non-hydrogen) atoms. The Morgan fingerprint density at radius 1 is 0.826 bits per heavy atom. The van der Waals surface area contributed by atoms with Crippen molar-refractivity contribution < 1.29 is 9.47 Å². The van der Waals surface area contributed by atoms with Crippen molar-refractivity contribution in [2.24, 2.45) is 0 Å². The Labute approximate surface area is 142 Å². The average molecular weight is 325 g/mol. The fourth-order valence-corrected chi connectivity index (χ4v) is 5.06. The molecule has 4 rings (SSSR count). The smallest absolute Gasteiger partial charge is 0.0744 e. The third kappa shape index (κ3) is 3.46. The summed E-state index contributed by atoms with van der Waals surface area (Å²) in [7, 11) is 0. The van der Waals surface area contributed by atoms with Crippen LogP contribution < -0.4 is 0 Å². The molecule has 4 heteroatoms. The molecule has 0 aromatic carbocycles. The highest BCUT2D eigenvalue weighted by Gasteiger charge is 2.48. The van der Waals surface area contributed by atoms with Gasteiger partial charge in [0.25, 0.3) is 0 Å². The molecule has 4 saturated heterocycles. The van der Waals surface area contributed by atoms with Gasteiger partial charge in [-0.2, -0.15) is 0 Å². The van der Waals surface area contributed by atoms with Gasteiger partial charge in [0.05, 0.1) is 25.4 Å².